The SMILES string of the molecule is COc1ccc(S(=O)(=O)NCc2ccc(C(C)C)cc2)cc1F. The number of sulfonamides is 1. The molecule has 1 N–H and O–H groups in total. The molecule has 23 heavy (non-hydrogen) atoms. The van der Waals surface area contributed by atoms with Crippen LogP contribution in [0.2, 0.25) is 0 Å². The number of hydrogen-bond acceptors (Lipinski definition) is 3. The summed E-state index contributed by atoms with van der Waals surface area (Å²) in [7, 11) is -2.45. The van der Waals surface area contributed by atoms with Gasteiger partial charge in [-0.05, 0) is 35.2 Å². The van der Waals surface area contributed by atoms with Crippen LogP contribution in [0, 0.1) is 5.82 Å². The first kappa shape index (κ1) is 17.4. The number of ether oxygens (including phenoxy) is 1. The van der Waals surface area contributed by atoms with E-state index in [1.807, 2.05) is 24.3 Å². The van der Waals surface area contributed by atoms with Crippen LogP contribution in [0.25, 0.3) is 0 Å². The van der Waals surface area contributed by atoms with Crippen molar-refractivity contribution in [1.29, 1.82) is 0 Å². The lowest BCUT2D eigenvalue weighted by atomic mass is 10.0. The first-order chi connectivity index (χ1) is 10.8. The average Bonchev–Trinajstić information content (AvgIpc) is 2.53. The van der Waals surface area contributed by atoms with E-state index in [1.165, 1.54) is 24.8 Å². The van der Waals surface area contributed by atoms with Gasteiger partial charge in [-0.15, -0.1) is 0 Å². The van der Waals surface area contributed by atoms with Crippen molar-refractivity contribution in [1.82, 2.24) is 4.72 Å². The highest BCUT2D eigenvalue weighted by atomic mass is 32.2. The van der Waals surface area contributed by atoms with Crippen LogP contribution in [0.4, 0.5) is 4.39 Å². The molecule has 0 atom stereocenters. The molecule has 0 radical (unpaired) electrons. The average molecular weight is 337 g/mol. The summed E-state index contributed by atoms with van der Waals surface area (Å²) >= 11 is 0. The number of hydrogen-bond donors (Lipinski definition) is 1. The highest BCUT2D eigenvalue weighted by Crippen LogP contribution is 2.21. The molecule has 2 aromatic carbocycles. The maximum atomic E-state index is 13.6. The molecule has 0 spiro atoms. The smallest absolute Gasteiger partial charge is 0.240 e. The van der Waals surface area contributed by atoms with E-state index >= 15 is 0 Å². The lowest BCUT2D eigenvalue weighted by molar-refractivity contribution is 0.385. The van der Waals surface area contributed by atoms with Crippen molar-refractivity contribution in [2.75, 3.05) is 7.11 Å². The molecule has 0 aromatic heterocycles. The summed E-state index contributed by atoms with van der Waals surface area (Å²) in [5.41, 5.74) is 2.03. The quantitative estimate of drug-likeness (QED) is 0.878. The molecule has 0 fully saturated rings. The third-order valence-corrected chi connectivity index (χ3v) is 4.95. The van der Waals surface area contributed by atoms with Crippen molar-refractivity contribution in [3.8, 4) is 5.75 Å². The standard InChI is InChI=1S/C17H20FNO3S/c1-12(2)14-6-4-13(5-7-14)11-19-23(20,21)15-8-9-17(22-3)16(18)10-15/h4-10,12,19H,11H2,1-3H3. The zero-order valence-corrected chi connectivity index (χ0v) is 14.2. The summed E-state index contributed by atoms with van der Waals surface area (Å²) in [5, 5.41) is 0. The number of rotatable bonds is 6. The van der Waals surface area contributed by atoms with E-state index in [-0.39, 0.29) is 17.2 Å². The number of methoxy groups -OCH3 is 1. The summed E-state index contributed by atoms with van der Waals surface area (Å²) in [4.78, 5) is -0.130. The van der Waals surface area contributed by atoms with Gasteiger partial charge < -0.3 is 4.74 Å². The molecule has 0 aliphatic rings. The van der Waals surface area contributed by atoms with Crippen LogP contribution in [0.15, 0.2) is 47.4 Å². The van der Waals surface area contributed by atoms with Crippen molar-refractivity contribution >= 4 is 10.0 Å². The van der Waals surface area contributed by atoms with Crippen LogP contribution in [0.3, 0.4) is 0 Å². The zero-order valence-electron chi connectivity index (χ0n) is 13.3. The van der Waals surface area contributed by atoms with Gasteiger partial charge in [-0.25, -0.2) is 17.5 Å². The molecular weight excluding hydrogens is 317 g/mol. The minimum atomic E-state index is -3.78. The van der Waals surface area contributed by atoms with E-state index < -0.39 is 15.8 Å². The minimum Gasteiger partial charge on any atom is -0.494 e. The van der Waals surface area contributed by atoms with Crippen LogP contribution >= 0.6 is 0 Å². The molecule has 0 amide bonds. The lowest BCUT2D eigenvalue weighted by Gasteiger charge is -2.10. The van der Waals surface area contributed by atoms with E-state index in [0.29, 0.717) is 5.92 Å². The van der Waals surface area contributed by atoms with Crippen molar-refractivity contribution in [3.63, 3.8) is 0 Å². The number of benzene rings is 2. The lowest BCUT2D eigenvalue weighted by Crippen LogP contribution is -2.23. The van der Waals surface area contributed by atoms with E-state index in [2.05, 4.69) is 18.6 Å². The molecule has 2 aromatic rings. The molecule has 6 heteroatoms. The molecule has 0 unspecified atom stereocenters. The van der Waals surface area contributed by atoms with Crippen LogP contribution in [0.1, 0.15) is 30.9 Å². The first-order valence-electron chi connectivity index (χ1n) is 7.25. The van der Waals surface area contributed by atoms with E-state index in [1.54, 1.807) is 0 Å². The molecule has 124 valence electrons. The molecule has 0 bridgehead atoms. The van der Waals surface area contributed by atoms with Crippen LogP contribution < -0.4 is 9.46 Å². The fraction of sp³-hybridized carbons (Fsp3) is 0.294. The third kappa shape index (κ3) is 4.30. The minimum absolute atomic E-state index is 0.00762. The van der Waals surface area contributed by atoms with Crippen LogP contribution in [-0.2, 0) is 16.6 Å². The Kier molecular flexibility index (Phi) is 5.38. The monoisotopic (exact) mass is 337 g/mol. The summed E-state index contributed by atoms with van der Waals surface area (Å²) < 4.78 is 45.3. The second kappa shape index (κ2) is 7.10. The topological polar surface area (TPSA) is 55.4 Å². The Balaban J connectivity index is 2.10. The molecular formula is C17H20FNO3S. The highest BCUT2D eigenvalue weighted by molar-refractivity contribution is 7.89. The predicted octanol–water partition coefficient (Wildman–Crippen LogP) is 3.44. The maximum Gasteiger partial charge on any atom is 0.240 e. The Morgan fingerprint density at radius 2 is 1.78 bits per heavy atom. The van der Waals surface area contributed by atoms with Gasteiger partial charge in [0, 0.05) is 6.54 Å². The Hall–Kier alpha value is -1.92. The van der Waals surface area contributed by atoms with Gasteiger partial charge in [0.25, 0.3) is 0 Å². The van der Waals surface area contributed by atoms with E-state index in [9.17, 15) is 12.8 Å². The molecule has 0 heterocycles. The summed E-state index contributed by atoms with van der Waals surface area (Å²) in [6.07, 6.45) is 0. The van der Waals surface area contributed by atoms with Gasteiger partial charge in [0.1, 0.15) is 0 Å². The summed E-state index contributed by atoms with van der Waals surface area (Å²) in [6, 6.07) is 11.3. The van der Waals surface area contributed by atoms with Gasteiger partial charge in [-0.1, -0.05) is 38.1 Å². The fourth-order valence-electron chi connectivity index (χ4n) is 2.10. The second-order valence-electron chi connectivity index (χ2n) is 5.52. The van der Waals surface area contributed by atoms with E-state index in [0.717, 1.165) is 11.6 Å². The van der Waals surface area contributed by atoms with Gasteiger partial charge in [0.2, 0.25) is 10.0 Å². The summed E-state index contributed by atoms with van der Waals surface area (Å²) in [5.74, 6) is -0.284. The van der Waals surface area contributed by atoms with Crippen LogP contribution in [-0.4, -0.2) is 15.5 Å². The zero-order chi connectivity index (χ0) is 17.0. The molecule has 0 saturated carbocycles. The Morgan fingerprint density at radius 1 is 1.13 bits per heavy atom. The van der Waals surface area contributed by atoms with Crippen molar-refractivity contribution in [2.24, 2.45) is 0 Å². The van der Waals surface area contributed by atoms with Crippen molar-refractivity contribution in [3.05, 3.63) is 59.4 Å². The maximum absolute atomic E-state index is 13.6. The van der Waals surface area contributed by atoms with Gasteiger partial charge in [0.15, 0.2) is 11.6 Å². The Bertz CT molecular complexity index is 771. The Labute approximate surface area is 136 Å². The van der Waals surface area contributed by atoms with Crippen molar-refractivity contribution in [2.45, 2.75) is 31.2 Å². The fourth-order valence-corrected chi connectivity index (χ4v) is 3.13. The van der Waals surface area contributed by atoms with Crippen LogP contribution in [0.5, 0.6) is 5.75 Å². The molecule has 4 nitrogen and oxygen atoms in total. The van der Waals surface area contributed by atoms with E-state index in [4.69, 9.17) is 4.74 Å². The largest absolute Gasteiger partial charge is 0.494 e. The van der Waals surface area contributed by atoms with Gasteiger partial charge >= 0.3 is 0 Å². The molecule has 2 rings (SSSR count). The normalized spacial score (nSPS) is 11.7. The Morgan fingerprint density at radius 3 is 2.30 bits per heavy atom. The third-order valence-electron chi connectivity index (χ3n) is 3.55. The summed E-state index contributed by atoms with van der Waals surface area (Å²) in [6.45, 7) is 4.33. The van der Waals surface area contributed by atoms with Gasteiger partial charge in [-0.3, -0.25) is 0 Å². The van der Waals surface area contributed by atoms with Gasteiger partial charge in [0.05, 0.1) is 12.0 Å². The number of halogens is 1. The van der Waals surface area contributed by atoms with Gasteiger partial charge in [-0.2, -0.15) is 0 Å². The molecule has 0 aliphatic carbocycles. The van der Waals surface area contributed by atoms with Crippen molar-refractivity contribution < 1.29 is 17.5 Å². The first-order valence-corrected chi connectivity index (χ1v) is 8.74. The highest BCUT2D eigenvalue weighted by Gasteiger charge is 2.16. The second-order valence-corrected chi connectivity index (χ2v) is 7.28. The number of nitrogens with one attached hydrogen (secondary N) is 1. The molecule has 0 saturated heterocycles. The molecule has 0 aliphatic heterocycles. The predicted molar refractivity (Wildman–Crippen MR) is 87.5 cm³/mol.